The predicted molar refractivity (Wildman–Crippen MR) is 103 cm³/mol. The Bertz CT molecular complexity index is 645. The lowest BCUT2D eigenvalue weighted by Crippen LogP contribution is -2.53. The molecule has 142 valence electrons. The molecule has 1 aromatic rings. The largest absolute Gasteiger partial charge is 0.399 e. The molecular formula is C20H30N4O2. The van der Waals surface area contributed by atoms with Crippen molar-refractivity contribution in [2.45, 2.75) is 20.3 Å². The summed E-state index contributed by atoms with van der Waals surface area (Å²) < 4.78 is 0. The number of carbonyl (C=O) groups excluding carboxylic acids is 2. The molecule has 0 radical (unpaired) electrons. The molecule has 2 unspecified atom stereocenters. The molecule has 0 bridgehead atoms. The zero-order valence-electron chi connectivity index (χ0n) is 15.9. The van der Waals surface area contributed by atoms with Crippen molar-refractivity contribution in [2.75, 3.05) is 51.5 Å². The third kappa shape index (κ3) is 4.55. The number of piperidine rings is 1. The summed E-state index contributed by atoms with van der Waals surface area (Å²) in [5.41, 5.74) is 7.00. The summed E-state index contributed by atoms with van der Waals surface area (Å²) in [6, 6.07) is 7.10. The number of piperazine rings is 1. The molecule has 6 heteroatoms. The molecule has 3 rings (SSSR count). The van der Waals surface area contributed by atoms with Gasteiger partial charge in [-0.15, -0.1) is 0 Å². The number of hydrogen-bond donors (Lipinski definition) is 1. The van der Waals surface area contributed by atoms with Gasteiger partial charge in [0.15, 0.2) is 0 Å². The third-order valence-corrected chi connectivity index (χ3v) is 5.37. The van der Waals surface area contributed by atoms with Crippen LogP contribution in [-0.4, -0.2) is 72.3 Å². The van der Waals surface area contributed by atoms with Crippen molar-refractivity contribution in [3.05, 3.63) is 29.8 Å². The smallest absolute Gasteiger partial charge is 0.254 e. The zero-order valence-corrected chi connectivity index (χ0v) is 15.9. The lowest BCUT2D eigenvalue weighted by atomic mass is 9.92. The maximum absolute atomic E-state index is 12.6. The van der Waals surface area contributed by atoms with E-state index < -0.39 is 0 Å². The first-order valence-electron chi connectivity index (χ1n) is 9.57. The van der Waals surface area contributed by atoms with E-state index in [4.69, 9.17) is 5.73 Å². The number of rotatable bonds is 3. The van der Waals surface area contributed by atoms with Crippen LogP contribution in [-0.2, 0) is 4.79 Å². The minimum atomic E-state index is 0.0157. The molecule has 0 saturated carbocycles. The first-order valence-corrected chi connectivity index (χ1v) is 9.57. The summed E-state index contributed by atoms with van der Waals surface area (Å²) in [7, 11) is 0. The molecule has 2 N–H and O–H groups in total. The van der Waals surface area contributed by atoms with Crippen molar-refractivity contribution in [3.8, 4) is 0 Å². The number of likely N-dealkylation sites (tertiary alicyclic amines) is 1. The fourth-order valence-electron chi connectivity index (χ4n) is 4.12. The molecule has 2 heterocycles. The number of hydrogen-bond acceptors (Lipinski definition) is 4. The van der Waals surface area contributed by atoms with E-state index >= 15 is 0 Å². The molecule has 0 aromatic heterocycles. The Morgan fingerprint density at radius 1 is 1.04 bits per heavy atom. The van der Waals surface area contributed by atoms with E-state index in [1.807, 2.05) is 9.80 Å². The van der Waals surface area contributed by atoms with Crippen molar-refractivity contribution < 1.29 is 9.59 Å². The molecule has 2 aliphatic rings. The Morgan fingerprint density at radius 2 is 1.69 bits per heavy atom. The number of nitrogens with two attached hydrogens (primary N) is 1. The zero-order chi connectivity index (χ0) is 18.7. The van der Waals surface area contributed by atoms with Gasteiger partial charge in [-0.25, -0.2) is 0 Å². The maximum atomic E-state index is 12.6. The van der Waals surface area contributed by atoms with E-state index in [1.165, 1.54) is 6.42 Å². The molecular weight excluding hydrogens is 328 g/mol. The van der Waals surface area contributed by atoms with Crippen LogP contribution in [0.5, 0.6) is 0 Å². The van der Waals surface area contributed by atoms with E-state index in [2.05, 4.69) is 18.7 Å². The lowest BCUT2D eigenvalue weighted by Gasteiger charge is -2.38. The predicted octanol–water partition coefficient (Wildman–Crippen LogP) is 1.53. The van der Waals surface area contributed by atoms with E-state index in [-0.39, 0.29) is 11.8 Å². The van der Waals surface area contributed by atoms with Crippen LogP contribution in [0.4, 0.5) is 5.69 Å². The Kier molecular flexibility index (Phi) is 5.81. The molecule has 0 aliphatic carbocycles. The third-order valence-electron chi connectivity index (χ3n) is 5.37. The summed E-state index contributed by atoms with van der Waals surface area (Å²) in [6.45, 7) is 9.40. The van der Waals surface area contributed by atoms with Crippen molar-refractivity contribution in [1.29, 1.82) is 0 Å². The highest BCUT2D eigenvalue weighted by Crippen LogP contribution is 2.21. The number of benzene rings is 1. The summed E-state index contributed by atoms with van der Waals surface area (Å²) in [4.78, 5) is 31.2. The molecule has 2 aliphatic heterocycles. The van der Waals surface area contributed by atoms with Gasteiger partial charge in [-0.2, -0.15) is 0 Å². The molecule has 2 fully saturated rings. The van der Waals surface area contributed by atoms with Gasteiger partial charge in [0.2, 0.25) is 5.91 Å². The number of nitrogen functional groups attached to an aromatic ring is 1. The topological polar surface area (TPSA) is 69.9 Å². The molecule has 1 aromatic carbocycles. The second kappa shape index (κ2) is 8.08. The summed E-state index contributed by atoms with van der Waals surface area (Å²) >= 11 is 0. The normalized spacial score (nSPS) is 24.5. The van der Waals surface area contributed by atoms with Crippen LogP contribution >= 0.6 is 0 Å². The molecule has 2 saturated heterocycles. The van der Waals surface area contributed by atoms with E-state index in [1.54, 1.807) is 24.3 Å². The van der Waals surface area contributed by atoms with E-state index in [0.29, 0.717) is 42.7 Å². The highest BCUT2D eigenvalue weighted by molar-refractivity contribution is 5.95. The van der Waals surface area contributed by atoms with Crippen LogP contribution in [0, 0.1) is 11.8 Å². The van der Waals surface area contributed by atoms with Gasteiger partial charge in [-0.05, 0) is 36.5 Å². The highest BCUT2D eigenvalue weighted by Gasteiger charge is 2.28. The number of carbonyl (C=O) groups is 2. The quantitative estimate of drug-likeness (QED) is 0.832. The summed E-state index contributed by atoms with van der Waals surface area (Å²) in [6.07, 6.45) is 1.20. The fourth-order valence-corrected chi connectivity index (χ4v) is 4.12. The summed E-state index contributed by atoms with van der Waals surface area (Å²) in [5.74, 6) is 1.40. The molecule has 2 amide bonds. The SMILES string of the molecule is CC1CC(C)CN(C(=O)CN2CCN(C(=O)c3cccc(N)c3)CC2)C1. The molecule has 2 atom stereocenters. The van der Waals surface area contributed by atoms with Crippen molar-refractivity contribution in [2.24, 2.45) is 11.8 Å². The van der Waals surface area contributed by atoms with Crippen molar-refractivity contribution in [1.82, 2.24) is 14.7 Å². The van der Waals surface area contributed by atoms with Gasteiger partial charge in [-0.1, -0.05) is 19.9 Å². The Hall–Kier alpha value is -2.08. The second-order valence-corrected chi connectivity index (χ2v) is 7.94. The average molecular weight is 358 g/mol. The van der Waals surface area contributed by atoms with E-state index in [9.17, 15) is 9.59 Å². The Morgan fingerprint density at radius 3 is 2.31 bits per heavy atom. The van der Waals surface area contributed by atoms with Crippen molar-refractivity contribution >= 4 is 17.5 Å². The first-order chi connectivity index (χ1) is 12.4. The number of amides is 2. The Labute approximate surface area is 155 Å². The standard InChI is InChI=1S/C20H30N4O2/c1-15-10-16(2)13-24(12-15)19(25)14-22-6-8-23(9-7-22)20(26)17-4-3-5-18(21)11-17/h3-5,11,15-16H,6-10,12-14,21H2,1-2H3. The Balaban J connectivity index is 1.49. The first kappa shape index (κ1) is 18.7. The van der Waals surface area contributed by atoms with Gasteiger partial charge in [0, 0.05) is 50.5 Å². The molecule has 26 heavy (non-hydrogen) atoms. The molecule has 6 nitrogen and oxygen atoms in total. The van der Waals surface area contributed by atoms with E-state index in [0.717, 1.165) is 26.2 Å². The van der Waals surface area contributed by atoms with Gasteiger partial charge in [0.1, 0.15) is 0 Å². The van der Waals surface area contributed by atoms with Gasteiger partial charge < -0.3 is 15.5 Å². The number of nitrogens with zero attached hydrogens (tertiary/aromatic N) is 3. The molecule has 0 spiro atoms. The minimum absolute atomic E-state index is 0.0157. The minimum Gasteiger partial charge on any atom is -0.399 e. The van der Waals surface area contributed by atoms with Crippen LogP contribution < -0.4 is 5.73 Å². The average Bonchev–Trinajstić information content (AvgIpc) is 2.61. The van der Waals surface area contributed by atoms with Gasteiger partial charge in [0.25, 0.3) is 5.91 Å². The van der Waals surface area contributed by atoms with Gasteiger partial charge in [-0.3, -0.25) is 14.5 Å². The van der Waals surface area contributed by atoms with Crippen LogP contribution in [0.3, 0.4) is 0 Å². The highest BCUT2D eigenvalue weighted by atomic mass is 16.2. The monoisotopic (exact) mass is 358 g/mol. The fraction of sp³-hybridized carbons (Fsp3) is 0.600. The van der Waals surface area contributed by atoms with Crippen molar-refractivity contribution in [3.63, 3.8) is 0 Å². The van der Waals surface area contributed by atoms with Gasteiger partial charge in [0.05, 0.1) is 6.54 Å². The van der Waals surface area contributed by atoms with Gasteiger partial charge >= 0.3 is 0 Å². The van der Waals surface area contributed by atoms with Crippen LogP contribution in [0.25, 0.3) is 0 Å². The second-order valence-electron chi connectivity index (χ2n) is 7.94. The summed E-state index contributed by atoms with van der Waals surface area (Å²) in [5, 5.41) is 0. The van der Waals surface area contributed by atoms with Crippen LogP contribution in [0.15, 0.2) is 24.3 Å². The van der Waals surface area contributed by atoms with Crippen LogP contribution in [0.2, 0.25) is 0 Å². The van der Waals surface area contributed by atoms with Crippen LogP contribution in [0.1, 0.15) is 30.6 Å². The maximum Gasteiger partial charge on any atom is 0.254 e. The number of anilines is 1. The lowest BCUT2D eigenvalue weighted by molar-refractivity contribution is -0.135.